The molecular formula is C23H27NO3. The van der Waals surface area contributed by atoms with Crippen molar-refractivity contribution < 1.29 is 14.9 Å². The van der Waals surface area contributed by atoms with Crippen LogP contribution >= 0.6 is 0 Å². The standard InChI is InChI=1S/C23H27NO3/c1-27-22-12-19-17(11-21(22)26)10-20-18-6-5-14(13-25)9-16(18)7-8-24(20)23(19)15-3-2-4-15/h5-6,9,11-12,15,20,23,25-26H,2-4,7-8,10,13H2,1H3/t20-,23+/m0/s1. The van der Waals surface area contributed by atoms with E-state index in [1.807, 2.05) is 6.07 Å². The molecule has 142 valence electrons. The fraction of sp³-hybridized carbons (Fsp3) is 0.478. The van der Waals surface area contributed by atoms with Crippen molar-refractivity contribution in [1.82, 2.24) is 4.90 Å². The zero-order valence-corrected chi connectivity index (χ0v) is 15.8. The molecular weight excluding hydrogens is 338 g/mol. The van der Waals surface area contributed by atoms with Gasteiger partial charge in [-0.1, -0.05) is 24.6 Å². The van der Waals surface area contributed by atoms with Crippen LogP contribution in [0.4, 0.5) is 0 Å². The van der Waals surface area contributed by atoms with Crippen LogP contribution < -0.4 is 4.74 Å². The fourth-order valence-electron chi connectivity index (χ4n) is 5.35. The van der Waals surface area contributed by atoms with Gasteiger partial charge in [-0.3, -0.25) is 4.90 Å². The van der Waals surface area contributed by atoms with E-state index in [1.165, 1.54) is 41.5 Å². The number of hydrogen-bond acceptors (Lipinski definition) is 4. The Bertz CT molecular complexity index is 874. The number of benzene rings is 2. The molecule has 0 bridgehead atoms. The van der Waals surface area contributed by atoms with Crippen molar-refractivity contribution in [3.63, 3.8) is 0 Å². The highest BCUT2D eigenvalue weighted by Gasteiger charge is 2.43. The average Bonchev–Trinajstić information content (AvgIpc) is 2.65. The molecule has 0 aromatic heterocycles. The number of phenols is 1. The maximum atomic E-state index is 10.4. The maximum absolute atomic E-state index is 10.4. The Morgan fingerprint density at radius 3 is 2.67 bits per heavy atom. The van der Waals surface area contributed by atoms with Gasteiger partial charge in [0.25, 0.3) is 0 Å². The molecule has 2 heterocycles. The maximum Gasteiger partial charge on any atom is 0.160 e. The minimum Gasteiger partial charge on any atom is -0.504 e. The molecule has 27 heavy (non-hydrogen) atoms. The van der Waals surface area contributed by atoms with Crippen LogP contribution in [-0.2, 0) is 19.4 Å². The largest absolute Gasteiger partial charge is 0.504 e. The molecule has 2 aromatic carbocycles. The van der Waals surface area contributed by atoms with E-state index < -0.39 is 0 Å². The molecule has 2 N–H and O–H groups in total. The summed E-state index contributed by atoms with van der Waals surface area (Å²) >= 11 is 0. The van der Waals surface area contributed by atoms with Gasteiger partial charge in [0, 0.05) is 18.6 Å². The minimum atomic E-state index is 0.100. The van der Waals surface area contributed by atoms with Gasteiger partial charge < -0.3 is 14.9 Å². The summed E-state index contributed by atoms with van der Waals surface area (Å²) in [5.41, 5.74) is 6.36. The van der Waals surface area contributed by atoms with Gasteiger partial charge in [0.2, 0.25) is 0 Å². The Labute approximate surface area is 160 Å². The summed E-state index contributed by atoms with van der Waals surface area (Å²) in [6.07, 6.45) is 5.84. The number of nitrogens with zero attached hydrogens (tertiary/aromatic N) is 1. The number of aromatic hydroxyl groups is 1. The number of methoxy groups -OCH3 is 1. The highest BCUT2D eigenvalue weighted by molar-refractivity contribution is 5.51. The van der Waals surface area contributed by atoms with Gasteiger partial charge in [-0.15, -0.1) is 0 Å². The molecule has 2 aromatic rings. The van der Waals surface area contributed by atoms with Gasteiger partial charge in [0.15, 0.2) is 11.5 Å². The highest BCUT2D eigenvalue weighted by Crippen LogP contribution is 2.52. The average molecular weight is 365 g/mol. The minimum absolute atomic E-state index is 0.100. The molecule has 0 amide bonds. The van der Waals surface area contributed by atoms with Crippen LogP contribution in [0.15, 0.2) is 30.3 Å². The molecule has 0 radical (unpaired) electrons. The number of fused-ring (bicyclic) bond motifs is 4. The molecule has 1 saturated carbocycles. The molecule has 0 spiro atoms. The normalized spacial score (nSPS) is 24.5. The van der Waals surface area contributed by atoms with E-state index in [9.17, 15) is 10.2 Å². The summed E-state index contributed by atoms with van der Waals surface area (Å²) in [5.74, 6) is 1.52. The first kappa shape index (κ1) is 17.1. The van der Waals surface area contributed by atoms with Crippen LogP contribution in [-0.4, -0.2) is 28.8 Å². The molecule has 0 unspecified atom stereocenters. The second-order valence-corrected chi connectivity index (χ2v) is 8.26. The lowest BCUT2D eigenvalue weighted by Gasteiger charge is -2.51. The Balaban J connectivity index is 1.61. The molecule has 4 nitrogen and oxygen atoms in total. The zero-order valence-electron chi connectivity index (χ0n) is 15.8. The third kappa shape index (κ3) is 2.66. The molecule has 4 heteroatoms. The van der Waals surface area contributed by atoms with Gasteiger partial charge in [0.1, 0.15) is 0 Å². The van der Waals surface area contributed by atoms with Crippen molar-refractivity contribution in [3.8, 4) is 11.5 Å². The smallest absolute Gasteiger partial charge is 0.160 e. The molecule has 5 rings (SSSR count). The predicted molar refractivity (Wildman–Crippen MR) is 104 cm³/mol. The monoisotopic (exact) mass is 365 g/mol. The van der Waals surface area contributed by atoms with Gasteiger partial charge in [-0.25, -0.2) is 0 Å². The summed E-state index contributed by atoms with van der Waals surface area (Å²) in [5, 5.41) is 19.8. The Morgan fingerprint density at radius 1 is 1.11 bits per heavy atom. The summed E-state index contributed by atoms with van der Waals surface area (Å²) in [7, 11) is 1.63. The first-order valence-corrected chi connectivity index (χ1v) is 10.1. The Morgan fingerprint density at radius 2 is 1.96 bits per heavy atom. The van der Waals surface area contributed by atoms with Gasteiger partial charge in [-0.2, -0.15) is 0 Å². The molecule has 1 fully saturated rings. The molecule has 3 aliphatic rings. The van der Waals surface area contributed by atoms with Crippen LogP contribution in [0.25, 0.3) is 0 Å². The SMILES string of the molecule is COc1cc2c(cc1O)C[C@H]1c3ccc(CO)cc3CCN1[C@@H]2C1CCC1. The lowest BCUT2D eigenvalue weighted by Crippen LogP contribution is -2.46. The highest BCUT2D eigenvalue weighted by atomic mass is 16.5. The first-order valence-electron chi connectivity index (χ1n) is 10.1. The number of aliphatic hydroxyl groups excluding tert-OH is 1. The Kier molecular flexibility index (Phi) is 4.14. The first-order chi connectivity index (χ1) is 13.2. The van der Waals surface area contributed by atoms with E-state index in [4.69, 9.17) is 4.74 Å². The zero-order chi connectivity index (χ0) is 18.5. The molecule has 1 aliphatic carbocycles. The van der Waals surface area contributed by atoms with Crippen molar-refractivity contribution in [2.24, 2.45) is 5.92 Å². The number of aliphatic hydroxyl groups is 1. The van der Waals surface area contributed by atoms with Crippen LogP contribution in [0.5, 0.6) is 11.5 Å². The third-order valence-corrected chi connectivity index (χ3v) is 6.91. The van der Waals surface area contributed by atoms with Crippen LogP contribution in [0.3, 0.4) is 0 Å². The van der Waals surface area contributed by atoms with Crippen LogP contribution in [0, 0.1) is 5.92 Å². The molecule has 2 atom stereocenters. The van der Waals surface area contributed by atoms with E-state index in [0.717, 1.165) is 24.9 Å². The van der Waals surface area contributed by atoms with Gasteiger partial charge in [-0.05, 0) is 71.6 Å². The number of rotatable bonds is 3. The van der Waals surface area contributed by atoms with Crippen molar-refractivity contribution in [1.29, 1.82) is 0 Å². The second kappa shape index (κ2) is 6.54. The second-order valence-electron chi connectivity index (χ2n) is 8.26. The summed E-state index contributed by atoms with van der Waals surface area (Å²) in [6, 6.07) is 11.2. The molecule has 0 saturated heterocycles. The third-order valence-electron chi connectivity index (χ3n) is 6.91. The van der Waals surface area contributed by atoms with Crippen molar-refractivity contribution in [2.45, 2.75) is 50.8 Å². The number of phenolic OH excluding ortho intramolecular Hbond substituents is 1. The van der Waals surface area contributed by atoms with Crippen molar-refractivity contribution in [2.75, 3.05) is 13.7 Å². The summed E-state index contributed by atoms with van der Waals surface area (Å²) in [6.45, 7) is 1.15. The Hall–Kier alpha value is -2.04. The van der Waals surface area contributed by atoms with E-state index in [-0.39, 0.29) is 12.4 Å². The lowest BCUT2D eigenvalue weighted by atomic mass is 9.70. The van der Waals surface area contributed by atoms with Gasteiger partial charge in [0.05, 0.1) is 13.7 Å². The lowest BCUT2D eigenvalue weighted by molar-refractivity contribution is 0.0379. The van der Waals surface area contributed by atoms with Gasteiger partial charge >= 0.3 is 0 Å². The topological polar surface area (TPSA) is 52.9 Å². The van der Waals surface area contributed by atoms with Crippen LogP contribution in [0.2, 0.25) is 0 Å². The quantitative estimate of drug-likeness (QED) is 0.866. The van der Waals surface area contributed by atoms with E-state index in [0.29, 0.717) is 23.8 Å². The van der Waals surface area contributed by atoms with E-state index >= 15 is 0 Å². The van der Waals surface area contributed by atoms with E-state index in [1.54, 1.807) is 7.11 Å². The molecule has 2 aliphatic heterocycles. The summed E-state index contributed by atoms with van der Waals surface area (Å²) in [4.78, 5) is 2.70. The van der Waals surface area contributed by atoms with Crippen molar-refractivity contribution >= 4 is 0 Å². The van der Waals surface area contributed by atoms with E-state index in [2.05, 4.69) is 29.2 Å². The number of hydrogen-bond donors (Lipinski definition) is 2. The predicted octanol–water partition coefficient (Wildman–Crippen LogP) is 3.89. The number of ether oxygens (including phenoxy) is 1. The van der Waals surface area contributed by atoms with Crippen molar-refractivity contribution in [3.05, 3.63) is 58.1 Å². The summed E-state index contributed by atoms with van der Waals surface area (Å²) < 4.78 is 5.42. The fourth-order valence-corrected chi connectivity index (χ4v) is 5.35. The van der Waals surface area contributed by atoms with Crippen LogP contribution in [0.1, 0.15) is 59.2 Å².